The molecule has 3 heterocycles. The van der Waals surface area contributed by atoms with Crippen molar-refractivity contribution in [1.29, 1.82) is 0 Å². The second-order valence-corrected chi connectivity index (χ2v) is 7.96. The molecular formula is C20H22N4O3S. The molecule has 2 aromatic heterocycles. The molecule has 0 unspecified atom stereocenters. The van der Waals surface area contributed by atoms with Gasteiger partial charge < -0.3 is 15.1 Å². The number of aromatic amines is 1. The van der Waals surface area contributed by atoms with Crippen LogP contribution in [0, 0.1) is 13.8 Å². The highest BCUT2D eigenvalue weighted by Gasteiger charge is 2.23. The van der Waals surface area contributed by atoms with Crippen molar-refractivity contribution in [3.05, 3.63) is 60.7 Å². The molecule has 146 valence electrons. The number of anilines is 1. The molecular weight excluding hydrogens is 376 g/mol. The van der Waals surface area contributed by atoms with Gasteiger partial charge in [0.1, 0.15) is 5.58 Å². The van der Waals surface area contributed by atoms with Crippen LogP contribution in [-0.4, -0.2) is 27.7 Å². The van der Waals surface area contributed by atoms with Crippen molar-refractivity contribution < 1.29 is 4.42 Å². The van der Waals surface area contributed by atoms with Gasteiger partial charge in [-0.1, -0.05) is 11.8 Å². The Morgan fingerprint density at radius 3 is 2.79 bits per heavy atom. The lowest BCUT2D eigenvalue weighted by atomic mass is 10.0. The van der Waals surface area contributed by atoms with Gasteiger partial charge in [-0.05, 0) is 43.4 Å². The first-order chi connectivity index (χ1) is 13.4. The van der Waals surface area contributed by atoms with E-state index in [0.717, 1.165) is 16.8 Å². The smallest absolute Gasteiger partial charge is 0.256 e. The first-order valence-electron chi connectivity index (χ1n) is 9.08. The Bertz CT molecular complexity index is 1200. The molecule has 0 atom stereocenters. The van der Waals surface area contributed by atoms with Crippen molar-refractivity contribution in [2.24, 2.45) is 0 Å². The van der Waals surface area contributed by atoms with E-state index in [1.165, 1.54) is 11.8 Å². The lowest BCUT2D eigenvalue weighted by Crippen LogP contribution is -2.36. The van der Waals surface area contributed by atoms with Crippen molar-refractivity contribution in [1.82, 2.24) is 14.9 Å². The third-order valence-electron chi connectivity index (χ3n) is 5.33. The number of nitrogens with one attached hydrogen (secondary N) is 1. The molecule has 4 rings (SSSR count). The maximum Gasteiger partial charge on any atom is 0.256 e. The van der Waals surface area contributed by atoms with Crippen LogP contribution in [0.5, 0.6) is 0 Å². The fraction of sp³-hybridized carbons (Fsp3) is 0.350. The van der Waals surface area contributed by atoms with Crippen LogP contribution < -0.4 is 16.7 Å². The minimum absolute atomic E-state index is 0.114. The minimum atomic E-state index is -0.122. The summed E-state index contributed by atoms with van der Waals surface area (Å²) in [5, 5.41) is 1.16. The molecule has 0 aliphatic carbocycles. The molecule has 1 aromatic carbocycles. The number of rotatable bonds is 3. The summed E-state index contributed by atoms with van der Waals surface area (Å²) in [5.74, 6) is 0.135. The summed E-state index contributed by atoms with van der Waals surface area (Å²) in [5.41, 5.74) is 10.3. The number of aromatic nitrogens is 2. The lowest BCUT2D eigenvalue weighted by molar-refractivity contribution is 0.239. The van der Waals surface area contributed by atoms with E-state index in [2.05, 4.69) is 9.97 Å². The summed E-state index contributed by atoms with van der Waals surface area (Å²) in [6.45, 7) is 5.39. The van der Waals surface area contributed by atoms with E-state index < -0.39 is 0 Å². The maximum atomic E-state index is 13.0. The predicted octanol–water partition coefficient (Wildman–Crippen LogP) is 2.36. The Morgan fingerprint density at radius 1 is 1.29 bits per heavy atom. The van der Waals surface area contributed by atoms with E-state index >= 15 is 0 Å². The van der Waals surface area contributed by atoms with Gasteiger partial charge in [-0.2, -0.15) is 0 Å². The highest BCUT2D eigenvalue weighted by Crippen LogP contribution is 2.24. The highest BCUT2D eigenvalue weighted by atomic mass is 32.2. The molecule has 7 nitrogen and oxygen atoms in total. The zero-order valence-corrected chi connectivity index (χ0v) is 16.9. The largest absolute Gasteiger partial charge is 0.440 e. The SMILES string of the molecule is CSc1nc2c(c(=O)[nH]1)CN(Cc1c(N)oc3cc(C)c(C)cc3c1=O)CC2. The molecule has 0 amide bonds. The second-order valence-electron chi connectivity index (χ2n) is 7.17. The zero-order chi connectivity index (χ0) is 20.0. The number of thioether (sulfide) groups is 1. The van der Waals surface area contributed by atoms with Gasteiger partial charge in [0.15, 0.2) is 16.5 Å². The van der Waals surface area contributed by atoms with Crippen LogP contribution in [0.3, 0.4) is 0 Å². The van der Waals surface area contributed by atoms with Crippen molar-refractivity contribution in [3.8, 4) is 0 Å². The molecule has 0 bridgehead atoms. The van der Waals surface area contributed by atoms with Crippen LogP contribution in [0.4, 0.5) is 5.88 Å². The fourth-order valence-electron chi connectivity index (χ4n) is 3.57. The molecule has 1 aliphatic rings. The van der Waals surface area contributed by atoms with Crippen LogP contribution in [0.25, 0.3) is 11.0 Å². The number of nitrogens with two attached hydrogens (primary N) is 1. The van der Waals surface area contributed by atoms with Crippen molar-refractivity contribution in [2.45, 2.75) is 38.5 Å². The lowest BCUT2D eigenvalue weighted by Gasteiger charge is -2.27. The number of hydrogen-bond acceptors (Lipinski definition) is 7. The van der Waals surface area contributed by atoms with Crippen LogP contribution in [0.2, 0.25) is 0 Å². The number of fused-ring (bicyclic) bond motifs is 2. The average molecular weight is 398 g/mol. The monoisotopic (exact) mass is 398 g/mol. The Labute approximate surface area is 166 Å². The molecule has 0 saturated carbocycles. The summed E-state index contributed by atoms with van der Waals surface area (Å²) < 4.78 is 5.74. The van der Waals surface area contributed by atoms with Crippen molar-refractivity contribution >= 4 is 28.6 Å². The number of H-pyrrole nitrogens is 1. The molecule has 0 radical (unpaired) electrons. The molecule has 8 heteroatoms. The predicted molar refractivity (Wildman–Crippen MR) is 111 cm³/mol. The van der Waals surface area contributed by atoms with E-state index in [-0.39, 0.29) is 16.9 Å². The molecule has 28 heavy (non-hydrogen) atoms. The average Bonchev–Trinajstić information content (AvgIpc) is 2.67. The Kier molecular flexibility index (Phi) is 4.76. The van der Waals surface area contributed by atoms with Crippen LogP contribution >= 0.6 is 11.8 Å². The van der Waals surface area contributed by atoms with Crippen molar-refractivity contribution in [3.63, 3.8) is 0 Å². The molecule has 1 aliphatic heterocycles. The summed E-state index contributed by atoms with van der Waals surface area (Å²) >= 11 is 1.42. The minimum Gasteiger partial charge on any atom is -0.440 e. The topological polar surface area (TPSA) is 105 Å². The summed E-state index contributed by atoms with van der Waals surface area (Å²) in [7, 11) is 0. The molecule has 0 saturated heterocycles. The summed E-state index contributed by atoms with van der Waals surface area (Å²) in [6.07, 6.45) is 2.54. The van der Waals surface area contributed by atoms with E-state index in [9.17, 15) is 9.59 Å². The first-order valence-corrected chi connectivity index (χ1v) is 10.3. The Balaban J connectivity index is 1.69. The number of hydrogen-bond donors (Lipinski definition) is 2. The van der Waals surface area contributed by atoms with Crippen molar-refractivity contribution in [2.75, 3.05) is 18.5 Å². The van der Waals surface area contributed by atoms with Gasteiger partial charge in [-0.15, -0.1) is 0 Å². The van der Waals surface area contributed by atoms with Gasteiger partial charge >= 0.3 is 0 Å². The van der Waals surface area contributed by atoms with Crippen LogP contribution in [-0.2, 0) is 19.5 Å². The third-order valence-corrected chi connectivity index (χ3v) is 5.91. The quantitative estimate of drug-likeness (QED) is 0.515. The van der Waals surface area contributed by atoms with E-state index in [4.69, 9.17) is 10.2 Å². The van der Waals surface area contributed by atoms with Gasteiger partial charge in [0.2, 0.25) is 0 Å². The maximum absolute atomic E-state index is 13.0. The van der Waals surface area contributed by atoms with Gasteiger partial charge in [0.25, 0.3) is 5.56 Å². The number of nitrogen functional groups attached to an aromatic ring is 1. The molecule has 3 aromatic rings. The molecule has 3 N–H and O–H groups in total. The van der Waals surface area contributed by atoms with E-state index in [1.807, 2.05) is 37.1 Å². The second kappa shape index (κ2) is 7.10. The van der Waals surface area contributed by atoms with Gasteiger partial charge in [0.05, 0.1) is 22.2 Å². The standard InChI is InChI=1S/C20H22N4O3S/c1-10-6-12-16(7-11(10)2)27-18(21)14(17(12)25)9-24-5-4-15-13(8-24)19(26)23-20(22-15)28-3/h6-7H,4-5,8-9,21H2,1-3H3,(H,22,23,26). The first kappa shape index (κ1) is 18.8. The van der Waals surface area contributed by atoms with Gasteiger partial charge in [-0.25, -0.2) is 4.98 Å². The van der Waals surface area contributed by atoms with Crippen LogP contribution in [0.15, 0.2) is 31.3 Å². The third kappa shape index (κ3) is 3.22. The van der Waals surface area contributed by atoms with Crippen LogP contribution in [0.1, 0.15) is 27.9 Å². The Hall–Kier alpha value is -2.58. The molecule has 0 fully saturated rings. The number of benzene rings is 1. The Morgan fingerprint density at radius 2 is 2.04 bits per heavy atom. The normalized spacial score (nSPS) is 14.4. The van der Waals surface area contributed by atoms with Gasteiger partial charge in [-0.3, -0.25) is 14.5 Å². The highest BCUT2D eigenvalue weighted by molar-refractivity contribution is 7.98. The molecule has 0 spiro atoms. The fourth-order valence-corrected chi connectivity index (χ4v) is 3.97. The van der Waals surface area contributed by atoms with E-state index in [1.54, 1.807) is 0 Å². The summed E-state index contributed by atoms with van der Waals surface area (Å²) in [6, 6.07) is 3.70. The zero-order valence-electron chi connectivity index (χ0n) is 16.1. The van der Waals surface area contributed by atoms with E-state index in [0.29, 0.717) is 53.3 Å². The van der Waals surface area contributed by atoms with Gasteiger partial charge in [0, 0.05) is 26.1 Å². The summed E-state index contributed by atoms with van der Waals surface area (Å²) in [4.78, 5) is 34.7. The number of aryl methyl sites for hydroxylation is 2. The number of nitrogens with zero attached hydrogens (tertiary/aromatic N) is 2.